The third kappa shape index (κ3) is 3.73. The highest BCUT2D eigenvalue weighted by Crippen LogP contribution is 2.30. The van der Waals surface area contributed by atoms with Gasteiger partial charge in [-0.1, -0.05) is 0 Å². The Hall–Kier alpha value is -2.16. The number of benzene rings is 1. The minimum atomic E-state index is -4.67. The summed E-state index contributed by atoms with van der Waals surface area (Å²) in [5, 5.41) is 9.05. The number of carbonyl (C=O) groups is 2. The first-order valence-electron chi connectivity index (χ1n) is 6.34. The molecule has 1 N–H and O–H groups in total. The normalized spacial score (nSPS) is 18.5. The molecule has 1 aromatic rings. The zero-order chi connectivity index (χ0) is 16.5. The number of nitrogens with zero attached hydrogens (tertiary/aromatic N) is 1. The van der Waals surface area contributed by atoms with Crippen LogP contribution in [0, 0.1) is 5.92 Å². The van der Waals surface area contributed by atoms with Crippen LogP contribution in [0.4, 0.5) is 9.57 Å². The highest BCUT2D eigenvalue weighted by atomic mass is 32.3. The van der Waals surface area contributed by atoms with E-state index in [-0.39, 0.29) is 30.0 Å². The smallest absolute Gasteiger partial charge is 0.335 e. The summed E-state index contributed by atoms with van der Waals surface area (Å²) >= 11 is 0. The molecule has 0 bridgehead atoms. The molecule has 0 radical (unpaired) electrons. The van der Waals surface area contributed by atoms with Crippen molar-refractivity contribution in [3.8, 4) is 5.75 Å². The van der Waals surface area contributed by atoms with Crippen LogP contribution in [0.5, 0.6) is 5.75 Å². The van der Waals surface area contributed by atoms with E-state index in [0.717, 1.165) is 0 Å². The molecule has 1 fully saturated rings. The fraction of sp³-hybridized carbons (Fsp3) is 0.385. The van der Waals surface area contributed by atoms with Crippen LogP contribution in [-0.4, -0.2) is 44.8 Å². The summed E-state index contributed by atoms with van der Waals surface area (Å²) < 4.78 is 39.1. The maximum atomic E-state index is 12.7. The van der Waals surface area contributed by atoms with Crippen molar-refractivity contribution >= 4 is 27.8 Å². The van der Waals surface area contributed by atoms with Crippen LogP contribution >= 0.6 is 0 Å². The monoisotopic (exact) mass is 331 g/mol. The molecule has 1 aliphatic rings. The molecule has 1 atom stereocenters. The molecule has 0 aromatic heterocycles. The Bertz CT molecular complexity index is 717. The molecule has 9 heteroatoms. The van der Waals surface area contributed by atoms with E-state index in [4.69, 9.17) is 9.84 Å². The van der Waals surface area contributed by atoms with Crippen molar-refractivity contribution in [1.82, 2.24) is 0 Å². The number of amides is 1. The van der Waals surface area contributed by atoms with E-state index < -0.39 is 33.8 Å². The number of carboxylic acid groups (broad SMARTS) is 1. The number of rotatable bonds is 5. The Kier molecular flexibility index (Phi) is 4.36. The number of hydrogen-bond acceptors (Lipinski definition) is 5. The van der Waals surface area contributed by atoms with Gasteiger partial charge >= 0.3 is 16.2 Å². The van der Waals surface area contributed by atoms with Gasteiger partial charge in [0.25, 0.3) is 0 Å². The molecule has 1 unspecified atom stereocenters. The molecule has 1 saturated heterocycles. The van der Waals surface area contributed by atoms with Gasteiger partial charge < -0.3 is 14.7 Å². The van der Waals surface area contributed by atoms with E-state index in [9.17, 15) is 21.9 Å². The number of halogens is 1. The van der Waals surface area contributed by atoms with Crippen LogP contribution in [0.1, 0.15) is 16.8 Å². The molecule has 1 heterocycles. The molecule has 0 aliphatic carbocycles. The van der Waals surface area contributed by atoms with Gasteiger partial charge in [-0.2, -0.15) is 8.42 Å². The minimum absolute atomic E-state index is 0.00814. The molecule has 7 nitrogen and oxygen atoms in total. The van der Waals surface area contributed by atoms with Crippen LogP contribution in [-0.2, 0) is 15.0 Å². The Morgan fingerprint density at radius 2 is 2.14 bits per heavy atom. The summed E-state index contributed by atoms with van der Waals surface area (Å²) in [4.78, 5) is 24.3. The first kappa shape index (κ1) is 16.2. The zero-order valence-electron chi connectivity index (χ0n) is 11.7. The quantitative estimate of drug-likeness (QED) is 0.809. The topological polar surface area (TPSA) is 101 Å². The highest BCUT2D eigenvalue weighted by molar-refractivity contribution is 7.86. The summed E-state index contributed by atoms with van der Waals surface area (Å²) in [5.74, 6) is -2.72. The lowest BCUT2D eigenvalue weighted by atomic mass is 10.1. The number of anilines is 1. The number of methoxy groups -OCH3 is 1. The highest BCUT2D eigenvalue weighted by Gasteiger charge is 2.34. The van der Waals surface area contributed by atoms with Crippen LogP contribution < -0.4 is 9.64 Å². The van der Waals surface area contributed by atoms with Crippen LogP contribution in [0.25, 0.3) is 0 Å². The van der Waals surface area contributed by atoms with Gasteiger partial charge in [-0.15, -0.1) is 3.89 Å². The van der Waals surface area contributed by atoms with E-state index in [1.54, 1.807) is 0 Å². The number of ether oxygens (including phenoxy) is 1. The summed E-state index contributed by atoms with van der Waals surface area (Å²) in [7, 11) is -3.31. The third-order valence-electron chi connectivity index (χ3n) is 3.33. The molecule has 0 spiro atoms. The van der Waals surface area contributed by atoms with E-state index in [1.165, 1.54) is 30.2 Å². The van der Waals surface area contributed by atoms with Gasteiger partial charge in [-0.05, 0) is 12.1 Å². The van der Waals surface area contributed by atoms with Gasteiger partial charge in [0.15, 0.2) is 0 Å². The zero-order valence-corrected chi connectivity index (χ0v) is 12.5. The van der Waals surface area contributed by atoms with E-state index >= 15 is 0 Å². The van der Waals surface area contributed by atoms with Crippen molar-refractivity contribution in [3.63, 3.8) is 0 Å². The Morgan fingerprint density at radius 3 is 2.68 bits per heavy atom. The largest absolute Gasteiger partial charge is 0.497 e. The van der Waals surface area contributed by atoms with E-state index in [1.807, 2.05) is 0 Å². The van der Waals surface area contributed by atoms with Gasteiger partial charge in [-0.3, -0.25) is 4.79 Å². The second kappa shape index (κ2) is 5.91. The third-order valence-corrected chi connectivity index (χ3v) is 4.20. The van der Waals surface area contributed by atoms with Crippen molar-refractivity contribution in [2.24, 2.45) is 5.92 Å². The predicted molar refractivity (Wildman–Crippen MR) is 75.3 cm³/mol. The predicted octanol–water partition coefficient (Wildman–Crippen LogP) is 1.05. The van der Waals surface area contributed by atoms with Crippen LogP contribution in [0.2, 0.25) is 0 Å². The average molecular weight is 331 g/mol. The Balaban J connectivity index is 2.30. The lowest BCUT2D eigenvalue weighted by Gasteiger charge is -2.18. The second-order valence-corrected chi connectivity index (χ2v) is 6.42. The fourth-order valence-corrected chi connectivity index (χ4v) is 3.19. The molecule has 120 valence electrons. The van der Waals surface area contributed by atoms with Crippen LogP contribution in [0.15, 0.2) is 18.2 Å². The lowest BCUT2D eigenvalue weighted by molar-refractivity contribution is -0.117. The van der Waals surface area contributed by atoms with E-state index in [0.29, 0.717) is 0 Å². The number of carboxylic acids is 1. The first-order chi connectivity index (χ1) is 10.2. The first-order valence-corrected chi connectivity index (χ1v) is 7.90. The summed E-state index contributed by atoms with van der Waals surface area (Å²) in [5.41, 5.74) is 0.212. The van der Waals surface area contributed by atoms with Crippen LogP contribution in [0.3, 0.4) is 0 Å². The Morgan fingerprint density at radius 1 is 1.45 bits per heavy atom. The number of carbonyl (C=O) groups excluding carboxylic acids is 1. The Labute approximate surface area is 126 Å². The van der Waals surface area contributed by atoms with Gasteiger partial charge in [0.1, 0.15) is 5.75 Å². The summed E-state index contributed by atoms with van der Waals surface area (Å²) in [6, 6.07) is 4.06. The minimum Gasteiger partial charge on any atom is -0.497 e. The summed E-state index contributed by atoms with van der Waals surface area (Å²) in [6.45, 7) is 0.00814. The van der Waals surface area contributed by atoms with E-state index in [2.05, 4.69) is 0 Å². The standard InChI is InChI=1S/C13H14FNO6S/c1-21-11-4-9(13(17)18)3-10(5-11)15-6-8(2-12(15)16)7-22(14,19)20/h3-5,8H,2,6-7H2,1H3,(H,17,18). The van der Waals surface area contributed by atoms with Crippen molar-refractivity contribution in [2.45, 2.75) is 6.42 Å². The molecule has 2 rings (SSSR count). The summed E-state index contributed by atoms with van der Waals surface area (Å²) in [6.07, 6.45) is -0.108. The molecular weight excluding hydrogens is 317 g/mol. The SMILES string of the molecule is COc1cc(C(=O)O)cc(N2CC(CS(=O)(=O)F)CC2=O)c1. The molecule has 22 heavy (non-hydrogen) atoms. The number of hydrogen-bond donors (Lipinski definition) is 1. The molecule has 1 aliphatic heterocycles. The number of aromatic carboxylic acids is 1. The molecular formula is C13H14FNO6S. The van der Waals surface area contributed by atoms with Crippen molar-refractivity contribution in [1.29, 1.82) is 0 Å². The maximum absolute atomic E-state index is 12.7. The van der Waals surface area contributed by atoms with Crippen molar-refractivity contribution < 1.29 is 31.7 Å². The van der Waals surface area contributed by atoms with Crippen molar-refractivity contribution in [2.75, 3.05) is 24.3 Å². The maximum Gasteiger partial charge on any atom is 0.335 e. The molecule has 1 amide bonds. The fourth-order valence-electron chi connectivity index (χ4n) is 2.40. The van der Waals surface area contributed by atoms with Crippen molar-refractivity contribution in [3.05, 3.63) is 23.8 Å². The molecule has 0 saturated carbocycles. The second-order valence-electron chi connectivity index (χ2n) is 5.00. The van der Waals surface area contributed by atoms with Gasteiger partial charge in [0, 0.05) is 30.6 Å². The lowest BCUT2D eigenvalue weighted by Crippen LogP contribution is -2.25. The van der Waals surface area contributed by atoms with Gasteiger partial charge in [-0.25, -0.2) is 4.79 Å². The molecule has 1 aromatic carbocycles. The van der Waals surface area contributed by atoms with Gasteiger partial charge in [0.05, 0.1) is 18.4 Å². The average Bonchev–Trinajstić information content (AvgIpc) is 2.76. The van der Waals surface area contributed by atoms with Gasteiger partial charge in [0.2, 0.25) is 5.91 Å².